The van der Waals surface area contributed by atoms with Gasteiger partial charge in [-0.2, -0.15) is 9.61 Å². The van der Waals surface area contributed by atoms with Gasteiger partial charge < -0.3 is 10.1 Å². The molecule has 0 bridgehead atoms. The molecular formula is C17H25N5O. The van der Waals surface area contributed by atoms with E-state index < -0.39 is 0 Å². The first-order valence-electron chi connectivity index (χ1n) is 8.77. The number of likely N-dealkylation sites (tertiary alicyclic amines) is 1. The van der Waals surface area contributed by atoms with Gasteiger partial charge in [0.2, 0.25) is 0 Å². The number of hydrogen-bond donors (Lipinski definition) is 1. The van der Waals surface area contributed by atoms with Crippen LogP contribution in [0.4, 0.5) is 5.82 Å². The Kier molecular flexibility index (Phi) is 4.18. The van der Waals surface area contributed by atoms with Crippen LogP contribution in [0.1, 0.15) is 31.9 Å². The zero-order valence-corrected chi connectivity index (χ0v) is 13.7. The topological polar surface area (TPSA) is 54.7 Å². The van der Waals surface area contributed by atoms with Crippen LogP contribution in [0.3, 0.4) is 0 Å². The van der Waals surface area contributed by atoms with E-state index in [1.165, 1.54) is 25.9 Å². The summed E-state index contributed by atoms with van der Waals surface area (Å²) in [6, 6.07) is 4.89. The number of fused-ring (bicyclic) bond motifs is 1. The first kappa shape index (κ1) is 14.9. The quantitative estimate of drug-likeness (QED) is 0.914. The third-order valence-electron chi connectivity index (χ3n) is 4.91. The molecule has 0 saturated carbocycles. The van der Waals surface area contributed by atoms with E-state index >= 15 is 0 Å². The highest BCUT2D eigenvalue weighted by Gasteiger charge is 2.34. The Morgan fingerprint density at radius 1 is 1.30 bits per heavy atom. The number of hydrogen-bond acceptors (Lipinski definition) is 5. The number of ether oxygens (including phenoxy) is 1. The number of rotatable bonds is 5. The predicted octanol–water partition coefficient (Wildman–Crippen LogP) is 1.96. The normalized spacial score (nSPS) is 25.4. The minimum Gasteiger partial charge on any atom is -0.378 e. The summed E-state index contributed by atoms with van der Waals surface area (Å²) in [5, 5.41) is 8.11. The molecule has 23 heavy (non-hydrogen) atoms. The number of nitrogens with zero attached hydrogens (tertiary/aromatic N) is 4. The highest BCUT2D eigenvalue weighted by Crippen LogP contribution is 2.23. The molecule has 2 atom stereocenters. The van der Waals surface area contributed by atoms with Crippen molar-refractivity contribution in [2.75, 3.05) is 31.6 Å². The third kappa shape index (κ3) is 2.93. The summed E-state index contributed by atoms with van der Waals surface area (Å²) < 4.78 is 7.68. The zero-order valence-electron chi connectivity index (χ0n) is 13.7. The fourth-order valence-electron chi connectivity index (χ4n) is 3.76. The lowest BCUT2D eigenvalue weighted by Gasteiger charge is -2.28. The number of aromatic nitrogens is 3. The van der Waals surface area contributed by atoms with Gasteiger partial charge in [-0.25, -0.2) is 4.98 Å². The Morgan fingerprint density at radius 2 is 2.17 bits per heavy atom. The summed E-state index contributed by atoms with van der Waals surface area (Å²) in [6.07, 6.45) is 6.52. The monoisotopic (exact) mass is 315 g/mol. The van der Waals surface area contributed by atoms with Crippen LogP contribution in [-0.2, 0) is 11.2 Å². The molecule has 0 spiro atoms. The summed E-state index contributed by atoms with van der Waals surface area (Å²) in [4.78, 5) is 7.24. The molecule has 6 heteroatoms. The van der Waals surface area contributed by atoms with Gasteiger partial charge in [-0.15, -0.1) is 0 Å². The lowest BCUT2D eigenvalue weighted by Crippen LogP contribution is -2.45. The number of aryl methyl sites for hydroxylation is 1. The lowest BCUT2D eigenvalue weighted by molar-refractivity contribution is 0.159. The van der Waals surface area contributed by atoms with E-state index in [-0.39, 0.29) is 0 Å². The molecule has 6 nitrogen and oxygen atoms in total. The maximum atomic E-state index is 5.78. The van der Waals surface area contributed by atoms with Crippen molar-refractivity contribution in [3.63, 3.8) is 0 Å². The predicted molar refractivity (Wildman–Crippen MR) is 89.8 cm³/mol. The number of nitrogens with one attached hydrogen (secondary N) is 1. The molecule has 2 aliphatic heterocycles. The van der Waals surface area contributed by atoms with Crippen molar-refractivity contribution in [1.82, 2.24) is 19.5 Å². The lowest BCUT2D eigenvalue weighted by atomic mass is 10.1. The standard InChI is InChI=1S/C17H25N5O/c1-2-5-13-10-17(22-16(19-13)6-7-18-22)20-14-11-23-12-15(14)21-8-3-4-9-21/h6-7,10,14-15,20H,2-5,8-9,11-12H2,1H3/t14-,15-/m1/s1. The van der Waals surface area contributed by atoms with Crippen LogP contribution in [0, 0.1) is 0 Å². The van der Waals surface area contributed by atoms with Crippen molar-refractivity contribution < 1.29 is 4.74 Å². The largest absolute Gasteiger partial charge is 0.378 e. The van der Waals surface area contributed by atoms with E-state index in [4.69, 9.17) is 4.74 Å². The molecule has 0 radical (unpaired) electrons. The van der Waals surface area contributed by atoms with Crippen molar-refractivity contribution in [2.45, 2.75) is 44.7 Å². The summed E-state index contributed by atoms with van der Waals surface area (Å²) in [6.45, 7) is 6.16. The van der Waals surface area contributed by atoms with Crippen LogP contribution in [0.2, 0.25) is 0 Å². The maximum absolute atomic E-state index is 5.78. The highest BCUT2D eigenvalue weighted by molar-refractivity contribution is 5.50. The Morgan fingerprint density at radius 3 is 3.00 bits per heavy atom. The first-order chi connectivity index (χ1) is 11.3. The van der Waals surface area contributed by atoms with Crippen LogP contribution >= 0.6 is 0 Å². The van der Waals surface area contributed by atoms with Gasteiger partial charge in [0.15, 0.2) is 5.65 Å². The molecule has 4 heterocycles. The number of anilines is 1. The third-order valence-corrected chi connectivity index (χ3v) is 4.91. The van der Waals surface area contributed by atoms with Gasteiger partial charge in [0.1, 0.15) is 5.82 Å². The van der Waals surface area contributed by atoms with Gasteiger partial charge in [0, 0.05) is 17.8 Å². The van der Waals surface area contributed by atoms with Crippen LogP contribution in [-0.4, -0.2) is 57.9 Å². The smallest absolute Gasteiger partial charge is 0.157 e. The molecule has 0 amide bonds. The van der Waals surface area contributed by atoms with Crippen molar-refractivity contribution in [2.24, 2.45) is 0 Å². The molecule has 2 fully saturated rings. The molecule has 0 aliphatic carbocycles. The summed E-state index contributed by atoms with van der Waals surface area (Å²) in [7, 11) is 0. The first-order valence-corrected chi connectivity index (χ1v) is 8.77. The second kappa shape index (κ2) is 6.45. The molecule has 2 aromatic rings. The minimum atomic E-state index is 0.317. The van der Waals surface area contributed by atoms with Crippen LogP contribution < -0.4 is 5.32 Å². The SMILES string of the molecule is CCCc1cc(N[C@@H]2COC[C@H]2N2CCCC2)n2nccc2n1. The Bertz CT molecular complexity index is 664. The van der Waals surface area contributed by atoms with Crippen molar-refractivity contribution in [3.05, 3.63) is 24.0 Å². The second-order valence-electron chi connectivity index (χ2n) is 6.58. The van der Waals surface area contributed by atoms with Crippen molar-refractivity contribution in [3.8, 4) is 0 Å². The molecule has 2 aliphatic rings. The molecule has 2 saturated heterocycles. The summed E-state index contributed by atoms with van der Waals surface area (Å²) in [5.74, 6) is 1.03. The van der Waals surface area contributed by atoms with E-state index in [9.17, 15) is 0 Å². The van der Waals surface area contributed by atoms with Crippen LogP contribution in [0.5, 0.6) is 0 Å². The van der Waals surface area contributed by atoms with Crippen molar-refractivity contribution >= 4 is 11.5 Å². The zero-order chi connectivity index (χ0) is 15.6. The summed E-state index contributed by atoms with van der Waals surface area (Å²) in [5.41, 5.74) is 2.04. The van der Waals surface area contributed by atoms with Gasteiger partial charge in [-0.3, -0.25) is 4.90 Å². The molecule has 2 aromatic heterocycles. The fourth-order valence-corrected chi connectivity index (χ4v) is 3.76. The molecule has 0 aromatic carbocycles. The second-order valence-corrected chi connectivity index (χ2v) is 6.58. The molecule has 124 valence electrons. The average molecular weight is 315 g/mol. The van der Waals surface area contributed by atoms with Gasteiger partial charge in [-0.05, 0) is 32.4 Å². The Balaban J connectivity index is 1.59. The van der Waals surface area contributed by atoms with Crippen molar-refractivity contribution in [1.29, 1.82) is 0 Å². The van der Waals surface area contributed by atoms with E-state index in [0.29, 0.717) is 12.1 Å². The van der Waals surface area contributed by atoms with Gasteiger partial charge in [0.25, 0.3) is 0 Å². The van der Waals surface area contributed by atoms with E-state index in [0.717, 1.165) is 43.2 Å². The molecule has 0 unspecified atom stereocenters. The van der Waals surface area contributed by atoms with E-state index in [1.807, 2.05) is 16.8 Å². The van der Waals surface area contributed by atoms with Gasteiger partial charge in [0.05, 0.1) is 31.5 Å². The fraction of sp³-hybridized carbons (Fsp3) is 0.647. The average Bonchev–Trinajstić information content (AvgIpc) is 3.28. The van der Waals surface area contributed by atoms with E-state index in [1.54, 1.807) is 0 Å². The minimum absolute atomic E-state index is 0.317. The molecule has 4 rings (SSSR count). The maximum Gasteiger partial charge on any atom is 0.157 e. The van der Waals surface area contributed by atoms with Crippen LogP contribution in [0.25, 0.3) is 5.65 Å². The Labute approximate surface area is 136 Å². The van der Waals surface area contributed by atoms with E-state index in [2.05, 4.69) is 33.3 Å². The molecular weight excluding hydrogens is 290 g/mol. The van der Waals surface area contributed by atoms with Crippen LogP contribution in [0.15, 0.2) is 18.3 Å². The highest BCUT2D eigenvalue weighted by atomic mass is 16.5. The van der Waals surface area contributed by atoms with Gasteiger partial charge in [-0.1, -0.05) is 13.3 Å². The van der Waals surface area contributed by atoms with Gasteiger partial charge >= 0.3 is 0 Å². The summed E-state index contributed by atoms with van der Waals surface area (Å²) >= 11 is 0. The molecule has 1 N–H and O–H groups in total. The Hall–Kier alpha value is -1.66.